The zero-order valence-electron chi connectivity index (χ0n) is 15.1. The number of amides is 1. The van der Waals surface area contributed by atoms with Crippen molar-refractivity contribution in [1.82, 2.24) is 14.5 Å². The number of hydrogen-bond acceptors (Lipinski definition) is 2. The van der Waals surface area contributed by atoms with E-state index in [-0.39, 0.29) is 5.91 Å². The number of para-hydroxylation sites is 1. The molecule has 1 aromatic heterocycles. The second-order valence-corrected chi connectivity index (χ2v) is 7.67. The SMILES string of the molecule is Cc1nc2cc(C(=O)N(CC3CC3)C3CC3)ccc2n1-c1ccccc1. The van der Waals surface area contributed by atoms with Crippen molar-refractivity contribution in [3.05, 3.63) is 59.9 Å². The maximum absolute atomic E-state index is 13.1. The van der Waals surface area contributed by atoms with Gasteiger partial charge in [-0.1, -0.05) is 18.2 Å². The Morgan fingerprint density at radius 3 is 2.58 bits per heavy atom. The summed E-state index contributed by atoms with van der Waals surface area (Å²) < 4.78 is 2.15. The molecule has 0 spiro atoms. The Hall–Kier alpha value is -2.62. The van der Waals surface area contributed by atoms with Gasteiger partial charge in [0.05, 0.1) is 11.0 Å². The summed E-state index contributed by atoms with van der Waals surface area (Å²) in [5, 5.41) is 0. The van der Waals surface area contributed by atoms with Crippen LogP contribution < -0.4 is 0 Å². The monoisotopic (exact) mass is 345 g/mol. The maximum Gasteiger partial charge on any atom is 0.254 e. The van der Waals surface area contributed by atoms with Gasteiger partial charge in [0.1, 0.15) is 5.82 Å². The standard InChI is InChI=1S/C22H23N3O/c1-15-23-20-13-17(22(26)24(18-10-11-18)14-16-7-8-16)9-12-21(20)25(15)19-5-3-2-4-6-19/h2-6,9,12-13,16,18H,7-8,10-11,14H2,1H3. The van der Waals surface area contributed by atoms with Crippen LogP contribution in [0, 0.1) is 12.8 Å². The van der Waals surface area contributed by atoms with Crippen LogP contribution in [0.25, 0.3) is 16.7 Å². The van der Waals surface area contributed by atoms with E-state index in [2.05, 4.69) is 21.6 Å². The van der Waals surface area contributed by atoms with Crippen molar-refractivity contribution in [3.8, 4) is 5.69 Å². The molecule has 0 bridgehead atoms. The van der Waals surface area contributed by atoms with E-state index in [1.807, 2.05) is 43.3 Å². The molecule has 2 fully saturated rings. The summed E-state index contributed by atoms with van der Waals surface area (Å²) >= 11 is 0. The number of aryl methyl sites for hydroxylation is 1. The minimum Gasteiger partial charge on any atom is -0.335 e. The molecule has 1 amide bonds. The van der Waals surface area contributed by atoms with Crippen LogP contribution in [-0.2, 0) is 0 Å². The number of rotatable bonds is 5. The van der Waals surface area contributed by atoms with E-state index < -0.39 is 0 Å². The molecule has 0 N–H and O–H groups in total. The number of carbonyl (C=O) groups excluding carboxylic acids is 1. The number of benzene rings is 2. The highest BCUT2D eigenvalue weighted by Crippen LogP contribution is 2.36. The normalized spacial score (nSPS) is 16.8. The van der Waals surface area contributed by atoms with Crippen molar-refractivity contribution in [2.75, 3.05) is 6.54 Å². The topological polar surface area (TPSA) is 38.1 Å². The first-order valence-corrected chi connectivity index (χ1v) is 9.56. The van der Waals surface area contributed by atoms with Gasteiger partial charge >= 0.3 is 0 Å². The van der Waals surface area contributed by atoms with Crippen LogP contribution in [-0.4, -0.2) is 32.9 Å². The van der Waals surface area contributed by atoms with Crippen LogP contribution in [0.4, 0.5) is 0 Å². The van der Waals surface area contributed by atoms with E-state index in [9.17, 15) is 4.79 Å². The predicted molar refractivity (Wildman–Crippen MR) is 103 cm³/mol. The fourth-order valence-electron chi connectivity index (χ4n) is 3.77. The molecule has 0 atom stereocenters. The third-order valence-corrected chi connectivity index (χ3v) is 5.48. The van der Waals surface area contributed by atoms with Gasteiger partial charge in [0.25, 0.3) is 5.91 Å². The Morgan fingerprint density at radius 2 is 1.88 bits per heavy atom. The van der Waals surface area contributed by atoms with E-state index >= 15 is 0 Å². The highest BCUT2D eigenvalue weighted by atomic mass is 16.2. The molecule has 4 nitrogen and oxygen atoms in total. The first kappa shape index (κ1) is 15.6. The van der Waals surface area contributed by atoms with Crippen LogP contribution >= 0.6 is 0 Å². The van der Waals surface area contributed by atoms with Gasteiger partial charge in [0, 0.05) is 23.8 Å². The molecule has 26 heavy (non-hydrogen) atoms. The van der Waals surface area contributed by atoms with Crippen LogP contribution in [0.15, 0.2) is 48.5 Å². The first-order chi connectivity index (χ1) is 12.7. The van der Waals surface area contributed by atoms with Gasteiger partial charge in [-0.15, -0.1) is 0 Å². The van der Waals surface area contributed by atoms with Gasteiger partial charge in [-0.25, -0.2) is 4.98 Å². The van der Waals surface area contributed by atoms with Crippen molar-refractivity contribution < 1.29 is 4.79 Å². The van der Waals surface area contributed by atoms with E-state index in [0.717, 1.165) is 53.4 Å². The van der Waals surface area contributed by atoms with Crippen LogP contribution in [0.2, 0.25) is 0 Å². The lowest BCUT2D eigenvalue weighted by molar-refractivity contribution is 0.0735. The molecule has 0 aliphatic heterocycles. The van der Waals surface area contributed by atoms with Gasteiger partial charge in [0.15, 0.2) is 0 Å². The number of hydrogen-bond donors (Lipinski definition) is 0. The summed E-state index contributed by atoms with van der Waals surface area (Å²) in [5.41, 5.74) is 3.80. The van der Waals surface area contributed by atoms with Gasteiger partial charge in [-0.2, -0.15) is 0 Å². The molecule has 2 aliphatic rings. The second-order valence-electron chi connectivity index (χ2n) is 7.67. The van der Waals surface area contributed by atoms with Crippen molar-refractivity contribution in [2.45, 2.75) is 38.6 Å². The van der Waals surface area contributed by atoms with Crippen molar-refractivity contribution in [3.63, 3.8) is 0 Å². The van der Waals surface area contributed by atoms with E-state index in [4.69, 9.17) is 4.98 Å². The average molecular weight is 345 g/mol. The lowest BCUT2D eigenvalue weighted by Crippen LogP contribution is -2.34. The molecular formula is C22H23N3O. The van der Waals surface area contributed by atoms with Crippen molar-refractivity contribution in [1.29, 1.82) is 0 Å². The highest BCUT2D eigenvalue weighted by Gasteiger charge is 2.36. The first-order valence-electron chi connectivity index (χ1n) is 9.56. The summed E-state index contributed by atoms with van der Waals surface area (Å²) in [7, 11) is 0. The molecule has 132 valence electrons. The van der Waals surface area contributed by atoms with E-state index in [1.54, 1.807) is 0 Å². The number of aromatic nitrogens is 2. The maximum atomic E-state index is 13.1. The molecule has 0 radical (unpaired) electrons. The lowest BCUT2D eigenvalue weighted by atomic mass is 10.1. The molecule has 5 rings (SSSR count). The van der Waals surface area contributed by atoms with E-state index in [0.29, 0.717) is 6.04 Å². The van der Waals surface area contributed by atoms with Crippen LogP contribution in [0.1, 0.15) is 41.9 Å². The smallest absolute Gasteiger partial charge is 0.254 e. The summed E-state index contributed by atoms with van der Waals surface area (Å²) in [6, 6.07) is 16.7. The molecule has 2 aromatic carbocycles. The highest BCUT2D eigenvalue weighted by molar-refractivity contribution is 5.98. The van der Waals surface area contributed by atoms with E-state index in [1.165, 1.54) is 12.8 Å². The Kier molecular flexibility index (Phi) is 3.59. The third kappa shape index (κ3) is 2.79. The Bertz CT molecular complexity index is 968. The fourth-order valence-corrected chi connectivity index (χ4v) is 3.77. The lowest BCUT2D eigenvalue weighted by Gasteiger charge is -2.22. The fraction of sp³-hybridized carbons (Fsp3) is 0.364. The minimum atomic E-state index is 0.174. The van der Waals surface area contributed by atoms with Gasteiger partial charge < -0.3 is 4.90 Å². The van der Waals surface area contributed by atoms with Gasteiger partial charge in [-0.3, -0.25) is 9.36 Å². The number of fused-ring (bicyclic) bond motifs is 1. The largest absolute Gasteiger partial charge is 0.335 e. The minimum absolute atomic E-state index is 0.174. The number of carbonyl (C=O) groups is 1. The van der Waals surface area contributed by atoms with Gasteiger partial charge in [0.2, 0.25) is 0 Å². The molecule has 0 saturated heterocycles. The quantitative estimate of drug-likeness (QED) is 0.689. The number of nitrogens with zero attached hydrogens (tertiary/aromatic N) is 3. The Balaban J connectivity index is 1.51. The van der Waals surface area contributed by atoms with Crippen molar-refractivity contribution in [2.24, 2.45) is 5.92 Å². The summed E-state index contributed by atoms with van der Waals surface area (Å²) in [5.74, 6) is 1.84. The molecule has 3 aromatic rings. The third-order valence-electron chi connectivity index (χ3n) is 5.48. The molecule has 0 unspecified atom stereocenters. The molecule has 1 heterocycles. The van der Waals surface area contributed by atoms with Crippen LogP contribution in [0.3, 0.4) is 0 Å². The Labute approximate surface area is 153 Å². The second kappa shape index (κ2) is 5.97. The molecule has 2 aliphatic carbocycles. The summed E-state index contributed by atoms with van der Waals surface area (Å²) in [6.07, 6.45) is 4.86. The summed E-state index contributed by atoms with van der Waals surface area (Å²) in [6.45, 7) is 2.94. The Morgan fingerprint density at radius 1 is 1.12 bits per heavy atom. The zero-order chi connectivity index (χ0) is 17.7. The van der Waals surface area contributed by atoms with Gasteiger partial charge in [-0.05, 0) is 68.9 Å². The number of imidazole rings is 1. The summed E-state index contributed by atoms with van der Waals surface area (Å²) in [4.78, 5) is 19.9. The average Bonchev–Trinajstić information content (AvgIpc) is 3.56. The molecular weight excluding hydrogens is 322 g/mol. The molecule has 4 heteroatoms. The van der Waals surface area contributed by atoms with Crippen LogP contribution in [0.5, 0.6) is 0 Å². The van der Waals surface area contributed by atoms with Crippen molar-refractivity contribution >= 4 is 16.9 Å². The zero-order valence-corrected chi connectivity index (χ0v) is 15.1. The molecule has 2 saturated carbocycles. The predicted octanol–water partition coefficient (Wildman–Crippen LogP) is 4.35.